The molecule has 0 fully saturated rings. The van der Waals surface area contributed by atoms with Crippen LogP contribution in [0.25, 0.3) is 0 Å². The Balaban J connectivity index is 0.000000640. The van der Waals surface area contributed by atoms with Crippen LogP contribution in [0.15, 0.2) is 24.5 Å². The van der Waals surface area contributed by atoms with Crippen LogP contribution in [0.5, 0.6) is 0 Å². The molecule has 0 unspecified atom stereocenters. The Labute approximate surface area is 54.9 Å². The first-order valence-electron chi connectivity index (χ1n) is 2.82. The van der Waals surface area contributed by atoms with Gasteiger partial charge in [0, 0.05) is 12.4 Å². The molecule has 0 atom stereocenters. The fourth-order valence-electron chi connectivity index (χ4n) is 0.618. The summed E-state index contributed by atoms with van der Waals surface area (Å²) in [7, 11) is 0. The zero-order chi connectivity index (χ0) is 5.82. The summed E-state index contributed by atoms with van der Waals surface area (Å²) < 4.78 is 0. The lowest BCUT2D eigenvalue weighted by Gasteiger charge is -1.89. The van der Waals surface area contributed by atoms with Crippen molar-refractivity contribution in [2.75, 3.05) is 0 Å². The van der Waals surface area contributed by atoms with Crippen LogP contribution in [-0.2, 0) is 6.42 Å². The number of hydrogen-bond donors (Lipinski definition) is 0. The van der Waals surface area contributed by atoms with E-state index in [-0.39, 0.29) is 5.48 Å². The quantitative estimate of drug-likeness (QED) is 0.548. The van der Waals surface area contributed by atoms with Gasteiger partial charge in [-0.25, -0.2) is 0 Å². The second-order valence-electron chi connectivity index (χ2n) is 1.71. The molecule has 0 aliphatic carbocycles. The van der Waals surface area contributed by atoms with Crippen molar-refractivity contribution < 1.29 is 5.48 Å². The summed E-state index contributed by atoms with van der Waals surface area (Å²) in [6.45, 7) is 2.13. The second-order valence-corrected chi connectivity index (χ2v) is 1.71. The standard InChI is InChI=1S/C7H9N.H2O/c1-2-7-3-5-8-6-4-7;/h3-6H,2H2,1H3;1H2. The van der Waals surface area contributed by atoms with Gasteiger partial charge in [0.1, 0.15) is 0 Å². The van der Waals surface area contributed by atoms with E-state index in [1.165, 1.54) is 5.56 Å². The molecule has 1 heterocycles. The molecular formula is C7H11NO. The molecule has 1 aromatic rings. The predicted molar refractivity (Wildman–Crippen MR) is 37.2 cm³/mol. The van der Waals surface area contributed by atoms with Crippen molar-refractivity contribution in [3.63, 3.8) is 0 Å². The molecule has 50 valence electrons. The number of aromatic nitrogens is 1. The van der Waals surface area contributed by atoms with Crippen LogP contribution in [0.4, 0.5) is 0 Å². The van der Waals surface area contributed by atoms with Crippen molar-refractivity contribution in [2.45, 2.75) is 13.3 Å². The van der Waals surface area contributed by atoms with E-state index in [9.17, 15) is 0 Å². The Hall–Kier alpha value is -0.890. The number of rotatable bonds is 1. The van der Waals surface area contributed by atoms with Crippen LogP contribution in [0.1, 0.15) is 12.5 Å². The molecule has 0 radical (unpaired) electrons. The summed E-state index contributed by atoms with van der Waals surface area (Å²) in [5.74, 6) is 0. The Bertz CT molecular complexity index is 150. The van der Waals surface area contributed by atoms with Crippen LogP contribution in [0.3, 0.4) is 0 Å². The van der Waals surface area contributed by atoms with Gasteiger partial charge in [0.25, 0.3) is 0 Å². The Morgan fingerprint density at radius 3 is 2.22 bits per heavy atom. The van der Waals surface area contributed by atoms with E-state index in [1.807, 2.05) is 24.5 Å². The fraction of sp³-hybridized carbons (Fsp3) is 0.286. The summed E-state index contributed by atoms with van der Waals surface area (Å²) >= 11 is 0. The average molecular weight is 125 g/mol. The van der Waals surface area contributed by atoms with Gasteiger partial charge >= 0.3 is 0 Å². The third-order valence-electron chi connectivity index (χ3n) is 1.16. The van der Waals surface area contributed by atoms with E-state index >= 15 is 0 Å². The first kappa shape index (κ1) is 8.11. The minimum atomic E-state index is 0. The fourth-order valence-corrected chi connectivity index (χ4v) is 0.618. The normalized spacial score (nSPS) is 8.11. The van der Waals surface area contributed by atoms with Gasteiger partial charge in [-0.2, -0.15) is 0 Å². The van der Waals surface area contributed by atoms with Crippen LogP contribution in [0.2, 0.25) is 0 Å². The largest absolute Gasteiger partial charge is 0.412 e. The van der Waals surface area contributed by atoms with E-state index in [1.54, 1.807) is 0 Å². The molecule has 0 amide bonds. The molecule has 0 aliphatic rings. The molecule has 2 nitrogen and oxygen atoms in total. The van der Waals surface area contributed by atoms with Crippen molar-refractivity contribution in [1.29, 1.82) is 0 Å². The van der Waals surface area contributed by atoms with Gasteiger partial charge in [-0.05, 0) is 24.1 Å². The lowest BCUT2D eigenvalue weighted by molar-refractivity contribution is 0.824. The van der Waals surface area contributed by atoms with Gasteiger partial charge in [-0.1, -0.05) is 6.92 Å². The highest BCUT2D eigenvalue weighted by molar-refractivity contribution is 5.08. The predicted octanol–water partition coefficient (Wildman–Crippen LogP) is 0.819. The highest BCUT2D eigenvalue weighted by Gasteiger charge is 1.80. The van der Waals surface area contributed by atoms with Crippen molar-refractivity contribution in [3.8, 4) is 0 Å². The number of aryl methyl sites for hydroxylation is 1. The van der Waals surface area contributed by atoms with Crippen molar-refractivity contribution in [2.24, 2.45) is 0 Å². The van der Waals surface area contributed by atoms with E-state index in [4.69, 9.17) is 0 Å². The van der Waals surface area contributed by atoms with Gasteiger partial charge in [-0.3, -0.25) is 4.98 Å². The van der Waals surface area contributed by atoms with Gasteiger partial charge in [0.05, 0.1) is 0 Å². The number of pyridine rings is 1. The Morgan fingerprint density at radius 1 is 1.33 bits per heavy atom. The van der Waals surface area contributed by atoms with Gasteiger partial charge in [0.15, 0.2) is 0 Å². The molecule has 0 spiro atoms. The minimum Gasteiger partial charge on any atom is -0.412 e. The summed E-state index contributed by atoms with van der Waals surface area (Å²) in [6, 6.07) is 4.06. The highest BCUT2D eigenvalue weighted by atomic mass is 16.0. The van der Waals surface area contributed by atoms with Gasteiger partial charge < -0.3 is 5.48 Å². The summed E-state index contributed by atoms with van der Waals surface area (Å²) in [5, 5.41) is 0. The third kappa shape index (κ3) is 2.24. The molecule has 0 aromatic carbocycles. The van der Waals surface area contributed by atoms with Crippen molar-refractivity contribution >= 4 is 0 Å². The maximum atomic E-state index is 3.89. The number of nitrogens with zero attached hydrogens (tertiary/aromatic N) is 1. The molecule has 0 saturated carbocycles. The molecule has 2 heteroatoms. The zero-order valence-electron chi connectivity index (χ0n) is 5.46. The lowest BCUT2D eigenvalue weighted by atomic mass is 10.2. The van der Waals surface area contributed by atoms with Crippen LogP contribution in [0, 0.1) is 0 Å². The van der Waals surface area contributed by atoms with Crippen LogP contribution in [-0.4, -0.2) is 10.5 Å². The molecule has 0 bridgehead atoms. The van der Waals surface area contributed by atoms with Gasteiger partial charge in [-0.15, -0.1) is 0 Å². The molecular weight excluding hydrogens is 114 g/mol. The van der Waals surface area contributed by atoms with E-state index < -0.39 is 0 Å². The molecule has 1 aromatic heterocycles. The smallest absolute Gasteiger partial charge is 0.0270 e. The average Bonchev–Trinajstić information content (AvgIpc) is 1.90. The molecule has 2 N–H and O–H groups in total. The molecule has 9 heavy (non-hydrogen) atoms. The highest BCUT2D eigenvalue weighted by Crippen LogP contribution is 1.94. The summed E-state index contributed by atoms with van der Waals surface area (Å²) in [5.41, 5.74) is 1.35. The maximum absolute atomic E-state index is 3.89. The first-order valence-corrected chi connectivity index (χ1v) is 2.82. The SMILES string of the molecule is CCc1ccncc1.O. The second kappa shape index (κ2) is 4.04. The van der Waals surface area contributed by atoms with Crippen molar-refractivity contribution in [3.05, 3.63) is 30.1 Å². The third-order valence-corrected chi connectivity index (χ3v) is 1.16. The summed E-state index contributed by atoms with van der Waals surface area (Å²) in [6.07, 6.45) is 4.74. The number of hydrogen-bond acceptors (Lipinski definition) is 1. The van der Waals surface area contributed by atoms with Crippen molar-refractivity contribution in [1.82, 2.24) is 4.98 Å². The topological polar surface area (TPSA) is 44.4 Å². The first-order chi connectivity index (χ1) is 3.93. The Kier molecular flexibility index (Phi) is 3.64. The summed E-state index contributed by atoms with van der Waals surface area (Å²) in [4.78, 5) is 3.89. The lowest BCUT2D eigenvalue weighted by Crippen LogP contribution is -1.76. The monoisotopic (exact) mass is 125 g/mol. The van der Waals surface area contributed by atoms with Crippen LogP contribution >= 0.6 is 0 Å². The van der Waals surface area contributed by atoms with E-state index in [0.717, 1.165) is 6.42 Å². The van der Waals surface area contributed by atoms with E-state index in [2.05, 4.69) is 11.9 Å². The van der Waals surface area contributed by atoms with E-state index in [0.29, 0.717) is 0 Å². The Morgan fingerprint density at radius 2 is 1.89 bits per heavy atom. The van der Waals surface area contributed by atoms with Gasteiger partial charge in [0.2, 0.25) is 0 Å². The van der Waals surface area contributed by atoms with Crippen LogP contribution < -0.4 is 0 Å². The zero-order valence-corrected chi connectivity index (χ0v) is 5.46. The molecule has 0 saturated heterocycles. The molecule has 0 aliphatic heterocycles. The molecule has 1 rings (SSSR count). The maximum Gasteiger partial charge on any atom is 0.0270 e. The minimum absolute atomic E-state index is 0.